The average Bonchev–Trinajstić information content (AvgIpc) is 2.62. The number of amides is 3. The zero-order valence-corrected chi connectivity index (χ0v) is 16.6. The summed E-state index contributed by atoms with van der Waals surface area (Å²) in [5, 5.41) is 12.8. The smallest absolute Gasteiger partial charge is 0.426 e. The van der Waals surface area contributed by atoms with Crippen LogP contribution in [0.3, 0.4) is 0 Å². The Kier molecular flexibility index (Phi) is 8.43. The summed E-state index contributed by atoms with van der Waals surface area (Å²) in [6.45, 7) is 4.97. The topological polar surface area (TPSA) is 125 Å². The Morgan fingerprint density at radius 2 is 1.61 bits per heavy atom. The Morgan fingerprint density at radius 3 is 2.11 bits per heavy atom. The lowest BCUT2D eigenvalue weighted by molar-refractivity contribution is -0.140. The lowest BCUT2D eigenvalue weighted by atomic mass is 10.1. The SMILES string of the molecule is COC(=O)CCCCC(=O)Nc1ccc(C(=O)NN(C(=O)O)C(C)(C)C)cc1. The van der Waals surface area contributed by atoms with E-state index < -0.39 is 17.5 Å². The van der Waals surface area contributed by atoms with E-state index in [9.17, 15) is 24.3 Å². The van der Waals surface area contributed by atoms with Crippen LogP contribution in [0.25, 0.3) is 0 Å². The maximum atomic E-state index is 12.3. The van der Waals surface area contributed by atoms with Gasteiger partial charge in [-0.25, -0.2) is 9.80 Å². The minimum atomic E-state index is -1.27. The molecule has 0 atom stereocenters. The molecule has 0 fully saturated rings. The van der Waals surface area contributed by atoms with Crippen LogP contribution < -0.4 is 10.7 Å². The average molecular weight is 393 g/mol. The van der Waals surface area contributed by atoms with Gasteiger partial charge in [-0.3, -0.25) is 19.8 Å². The third-order valence-corrected chi connectivity index (χ3v) is 3.77. The molecule has 3 amide bonds. The van der Waals surface area contributed by atoms with Gasteiger partial charge in [-0.2, -0.15) is 0 Å². The maximum absolute atomic E-state index is 12.3. The van der Waals surface area contributed by atoms with Crippen molar-refractivity contribution in [3.63, 3.8) is 0 Å². The molecule has 0 saturated heterocycles. The number of hydrogen-bond donors (Lipinski definition) is 3. The predicted molar refractivity (Wildman–Crippen MR) is 103 cm³/mol. The van der Waals surface area contributed by atoms with Crippen LogP contribution in [0, 0.1) is 0 Å². The van der Waals surface area contributed by atoms with E-state index in [2.05, 4.69) is 15.5 Å². The number of nitrogens with zero attached hydrogens (tertiary/aromatic N) is 1. The van der Waals surface area contributed by atoms with E-state index in [1.165, 1.54) is 19.2 Å². The molecule has 0 bridgehead atoms. The Morgan fingerprint density at radius 1 is 1.04 bits per heavy atom. The highest BCUT2D eigenvalue weighted by atomic mass is 16.5. The van der Waals surface area contributed by atoms with Gasteiger partial charge in [0.15, 0.2) is 0 Å². The first-order valence-electron chi connectivity index (χ1n) is 8.85. The summed E-state index contributed by atoms with van der Waals surface area (Å²) in [5.41, 5.74) is 2.32. The van der Waals surface area contributed by atoms with Gasteiger partial charge in [-0.1, -0.05) is 0 Å². The molecule has 0 aliphatic carbocycles. The Balaban J connectivity index is 2.56. The summed E-state index contributed by atoms with van der Waals surface area (Å²) < 4.78 is 4.53. The fourth-order valence-corrected chi connectivity index (χ4v) is 2.25. The van der Waals surface area contributed by atoms with Gasteiger partial charge in [-0.15, -0.1) is 0 Å². The second-order valence-corrected chi connectivity index (χ2v) is 7.14. The second-order valence-electron chi connectivity index (χ2n) is 7.14. The number of anilines is 1. The van der Waals surface area contributed by atoms with Crippen LogP contribution in [0.15, 0.2) is 24.3 Å². The van der Waals surface area contributed by atoms with E-state index in [4.69, 9.17) is 0 Å². The number of carboxylic acid groups (broad SMARTS) is 1. The summed E-state index contributed by atoms with van der Waals surface area (Å²) >= 11 is 0. The van der Waals surface area contributed by atoms with E-state index in [1.807, 2.05) is 0 Å². The van der Waals surface area contributed by atoms with Crippen LogP contribution in [0.2, 0.25) is 0 Å². The van der Waals surface area contributed by atoms with Crippen LogP contribution in [0.5, 0.6) is 0 Å². The van der Waals surface area contributed by atoms with Gasteiger partial charge in [0.2, 0.25) is 5.91 Å². The number of unbranched alkanes of at least 4 members (excludes halogenated alkanes) is 1. The monoisotopic (exact) mass is 393 g/mol. The number of ether oxygens (including phenoxy) is 1. The second kappa shape index (κ2) is 10.3. The van der Waals surface area contributed by atoms with Crippen molar-refractivity contribution in [2.45, 2.75) is 52.0 Å². The van der Waals surface area contributed by atoms with Crippen molar-refractivity contribution in [2.75, 3.05) is 12.4 Å². The molecule has 0 aromatic heterocycles. The number of methoxy groups -OCH3 is 1. The zero-order chi connectivity index (χ0) is 21.3. The van der Waals surface area contributed by atoms with Gasteiger partial charge in [0.1, 0.15) is 0 Å². The molecule has 0 aliphatic rings. The van der Waals surface area contributed by atoms with Gasteiger partial charge < -0.3 is 15.2 Å². The van der Waals surface area contributed by atoms with Gasteiger partial charge in [-0.05, 0) is 57.9 Å². The molecule has 0 aliphatic heterocycles. The molecule has 1 aromatic rings. The maximum Gasteiger partial charge on any atom is 0.426 e. The molecule has 0 spiro atoms. The first kappa shape index (κ1) is 22.9. The van der Waals surface area contributed by atoms with E-state index in [0.29, 0.717) is 18.5 Å². The molecule has 0 saturated carbocycles. The Bertz CT molecular complexity index is 709. The summed E-state index contributed by atoms with van der Waals surface area (Å²) in [7, 11) is 1.32. The molecule has 3 N–H and O–H groups in total. The molecule has 1 rings (SSSR count). The number of rotatable bonds is 7. The van der Waals surface area contributed by atoms with Crippen molar-refractivity contribution in [3.8, 4) is 0 Å². The first-order chi connectivity index (χ1) is 13.0. The number of carbonyl (C=O) groups is 4. The van der Waals surface area contributed by atoms with Gasteiger partial charge >= 0.3 is 12.1 Å². The first-order valence-corrected chi connectivity index (χ1v) is 8.85. The highest BCUT2D eigenvalue weighted by molar-refractivity contribution is 5.96. The number of esters is 1. The molecule has 9 nitrogen and oxygen atoms in total. The number of benzene rings is 1. The van der Waals surface area contributed by atoms with Crippen LogP contribution >= 0.6 is 0 Å². The molecule has 0 unspecified atom stereocenters. The van der Waals surface area contributed by atoms with Crippen LogP contribution in [-0.2, 0) is 14.3 Å². The molecule has 154 valence electrons. The van der Waals surface area contributed by atoms with E-state index in [0.717, 1.165) is 5.01 Å². The largest absolute Gasteiger partial charge is 0.469 e. The third-order valence-electron chi connectivity index (χ3n) is 3.77. The Labute approximate surface area is 164 Å². The molecule has 0 radical (unpaired) electrons. The predicted octanol–water partition coefficient (Wildman–Crippen LogP) is 2.78. The fourth-order valence-electron chi connectivity index (χ4n) is 2.25. The minimum Gasteiger partial charge on any atom is -0.469 e. The van der Waals surface area contributed by atoms with Crippen molar-refractivity contribution in [1.82, 2.24) is 10.4 Å². The summed E-state index contributed by atoms with van der Waals surface area (Å²) in [6.07, 6.45) is 0.386. The quantitative estimate of drug-likeness (QED) is 0.372. The standard InChI is InChI=1S/C19H27N3O6/c1-19(2,3)22(18(26)27)21-17(25)13-9-11-14(12-10-13)20-15(23)7-5-6-8-16(24)28-4/h9-12H,5-8H2,1-4H3,(H,20,23)(H,21,25)(H,26,27). The lowest BCUT2D eigenvalue weighted by Gasteiger charge is -2.32. The van der Waals surface area contributed by atoms with Crippen LogP contribution in [-0.4, -0.2) is 46.6 Å². The van der Waals surface area contributed by atoms with Crippen LogP contribution in [0.4, 0.5) is 10.5 Å². The molecular weight excluding hydrogens is 366 g/mol. The molecule has 9 heteroatoms. The van der Waals surface area contributed by atoms with Gasteiger partial charge in [0.05, 0.1) is 12.6 Å². The summed E-state index contributed by atoms with van der Waals surface area (Å²) in [6, 6.07) is 6.10. The highest BCUT2D eigenvalue weighted by Crippen LogP contribution is 2.14. The Hall–Kier alpha value is -3.10. The molecule has 28 heavy (non-hydrogen) atoms. The third kappa shape index (κ3) is 7.65. The molecule has 1 aromatic carbocycles. The number of hydrazine groups is 1. The summed E-state index contributed by atoms with van der Waals surface area (Å²) in [5.74, 6) is -1.08. The zero-order valence-electron chi connectivity index (χ0n) is 16.6. The van der Waals surface area contributed by atoms with Crippen molar-refractivity contribution in [1.29, 1.82) is 0 Å². The van der Waals surface area contributed by atoms with E-state index in [1.54, 1.807) is 32.9 Å². The van der Waals surface area contributed by atoms with Crippen LogP contribution in [0.1, 0.15) is 56.8 Å². The minimum absolute atomic E-state index is 0.202. The van der Waals surface area contributed by atoms with Crippen molar-refractivity contribution in [3.05, 3.63) is 29.8 Å². The van der Waals surface area contributed by atoms with Crippen molar-refractivity contribution in [2.24, 2.45) is 0 Å². The summed E-state index contributed by atoms with van der Waals surface area (Å²) in [4.78, 5) is 46.4. The fraction of sp³-hybridized carbons (Fsp3) is 0.474. The number of hydrogen-bond acceptors (Lipinski definition) is 5. The number of nitrogens with one attached hydrogen (secondary N) is 2. The normalized spacial score (nSPS) is 10.7. The lowest BCUT2D eigenvalue weighted by Crippen LogP contribution is -2.55. The van der Waals surface area contributed by atoms with Gasteiger partial charge in [0, 0.05) is 24.1 Å². The van der Waals surface area contributed by atoms with Crippen molar-refractivity contribution >= 4 is 29.6 Å². The van der Waals surface area contributed by atoms with Crippen molar-refractivity contribution < 1.29 is 29.0 Å². The highest BCUT2D eigenvalue weighted by Gasteiger charge is 2.28. The molecular formula is C19H27N3O6. The molecule has 0 heterocycles. The van der Waals surface area contributed by atoms with E-state index in [-0.39, 0.29) is 30.3 Å². The van der Waals surface area contributed by atoms with E-state index >= 15 is 0 Å². The number of carbonyl (C=O) groups excluding carboxylic acids is 3. The van der Waals surface area contributed by atoms with Gasteiger partial charge in [0.25, 0.3) is 5.91 Å².